The Hall–Kier alpha value is -6.90. The molecule has 0 amide bonds. The van der Waals surface area contributed by atoms with E-state index in [9.17, 15) is 0 Å². The molecule has 2 aliphatic carbocycles. The van der Waals surface area contributed by atoms with Crippen molar-refractivity contribution in [2.75, 3.05) is 4.90 Å². The predicted octanol–water partition coefficient (Wildman–Crippen LogP) is 13.7. The van der Waals surface area contributed by atoms with Crippen molar-refractivity contribution < 1.29 is 4.42 Å². The molecule has 0 saturated heterocycles. The Morgan fingerprint density at radius 1 is 0.340 bits per heavy atom. The van der Waals surface area contributed by atoms with Crippen molar-refractivity contribution >= 4 is 60.3 Å². The number of nitrogens with zero attached hydrogens (tertiary/aromatic N) is 1. The van der Waals surface area contributed by atoms with Crippen LogP contribution in [0, 0.1) is 0 Å². The molecule has 1 spiro atoms. The van der Waals surface area contributed by atoms with Crippen LogP contribution in [0.15, 0.2) is 192 Å². The quantitative estimate of drug-likeness (QED) is 0.174. The minimum absolute atomic E-state index is 0.590. The van der Waals surface area contributed by atoms with Gasteiger partial charge in [0.2, 0.25) is 0 Å². The molecule has 0 radical (unpaired) electrons. The molecule has 2 aliphatic rings. The van der Waals surface area contributed by atoms with Gasteiger partial charge >= 0.3 is 0 Å². The SMILES string of the molecule is c1ccc(N(c2ccc3c(c2)C2(c4ccccc4-3)c3ccccc3-c3c2oc2ccccc32)c2ccc3c4ccccc4c4ccccc4c3c2)cc1. The van der Waals surface area contributed by atoms with E-state index in [1.54, 1.807) is 0 Å². The van der Waals surface area contributed by atoms with E-state index in [0.717, 1.165) is 33.8 Å². The van der Waals surface area contributed by atoms with Crippen molar-refractivity contribution in [2.24, 2.45) is 0 Å². The van der Waals surface area contributed by atoms with Gasteiger partial charge in [-0.2, -0.15) is 0 Å². The summed E-state index contributed by atoms with van der Waals surface area (Å²) in [5.41, 5.74) is 12.4. The molecule has 12 rings (SSSR count). The minimum Gasteiger partial charge on any atom is -0.459 e. The summed E-state index contributed by atoms with van der Waals surface area (Å²) in [5, 5.41) is 8.78. The van der Waals surface area contributed by atoms with Gasteiger partial charge in [-0.15, -0.1) is 0 Å². The second kappa shape index (κ2) is 10.6. The largest absolute Gasteiger partial charge is 0.459 e. The first-order valence-electron chi connectivity index (χ1n) is 18.4. The van der Waals surface area contributed by atoms with Gasteiger partial charge in [-0.25, -0.2) is 0 Å². The van der Waals surface area contributed by atoms with Gasteiger partial charge in [-0.1, -0.05) is 146 Å². The smallest absolute Gasteiger partial charge is 0.135 e. The van der Waals surface area contributed by atoms with E-state index in [0.29, 0.717) is 0 Å². The lowest BCUT2D eigenvalue weighted by atomic mass is 9.73. The topological polar surface area (TPSA) is 16.4 Å². The van der Waals surface area contributed by atoms with Crippen LogP contribution in [0.4, 0.5) is 17.1 Å². The number of hydrogen-bond acceptors (Lipinski definition) is 2. The van der Waals surface area contributed by atoms with E-state index in [1.165, 1.54) is 71.3 Å². The highest BCUT2D eigenvalue weighted by Crippen LogP contribution is 2.65. The van der Waals surface area contributed by atoms with E-state index in [4.69, 9.17) is 4.42 Å². The molecule has 2 heteroatoms. The van der Waals surface area contributed by atoms with E-state index >= 15 is 0 Å². The van der Waals surface area contributed by atoms with Crippen molar-refractivity contribution in [2.45, 2.75) is 5.41 Å². The summed E-state index contributed by atoms with van der Waals surface area (Å²) in [4.78, 5) is 2.42. The van der Waals surface area contributed by atoms with Crippen molar-refractivity contribution in [1.82, 2.24) is 0 Å². The number of anilines is 3. The molecule has 1 unspecified atom stereocenters. The van der Waals surface area contributed by atoms with Crippen LogP contribution in [0.2, 0.25) is 0 Å². The second-order valence-corrected chi connectivity index (χ2v) is 14.4. The predicted molar refractivity (Wildman–Crippen MR) is 220 cm³/mol. The molecular weight excluding hydrogens is 643 g/mol. The number of rotatable bonds is 3. The van der Waals surface area contributed by atoms with Gasteiger partial charge in [0.05, 0.1) is 0 Å². The third kappa shape index (κ3) is 3.72. The molecule has 246 valence electrons. The molecule has 53 heavy (non-hydrogen) atoms. The normalized spacial score (nSPS) is 15.2. The number of fused-ring (bicyclic) bond motifs is 18. The van der Waals surface area contributed by atoms with Crippen LogP contribution in [-0.4, -0.2) is 0 Å². The van der Waals surface area contributed by atoms with Gasteiger partial charge < -0.3 is 9.32 Å². The fraction of sp³-hybridized carbons (Fsp3) is 0.0196. The summed E-state index contributed by atoms with van der Waals surface area (Å²) < 4.78 is 7.02. The lowest BCUT2D eigenvalue weighted by Gasteiger charge is -2.30. The van der Waals surface area contributed by atoms with Crippen LogP contribution in [0.1, 0.15) is 22.5 Å². The first-order valence-corrected chi connectivity index (χ1v) is 18.4. The summed E-state index contributed by atoms with van der Waals surface area (Å²) in [5.74, 6) is 1.01. The molecular formula is C51H31NO. The summed E-state index contributed by atoms with van der Waals surface area (Å²) in [6.07, 6.45) is 0. The van der Waals surface area contributed by atoms with Gasteiger partial charge in [-0.05, 0) is 108 Å². The van der Waals surface area contributed by atoms with E-state index in [2.05, 4.69) is 193 Å². The lowest BCUT2D eigenvalue weighted by molar-refractivity contribution is 0.507. The molecule has 0 saturated carbocycles. The molecule has 1 heterocycles. The van der Waals surface area contributed by atoms with Crippen molar-refractivity contribution in [3.05, 3.63) is 211 Å². The van der Waals surface area contributed by atoms with E-state index in [-0.39, 0.29) is 0 Å². The second-order valence-electron chi connectivity index (χ2n) is 14.4. The van der Waals surface area contributed by atoms with E-state index in [1.807, 2.05) is 0 Å². The van der Waals surface area contributed by atoms with Crippen LogP contribution in [0.5, 0.6) is 0 Å². The molecule has 0 N–H and O–H groups in total. The van der Waals surface area contributed by atoms with Crippen molar-refractivity contribution in [3.63, 3.8) is 0 Å². The zero-order valence-corrected chi connectivity index (χ0v) is 28.8. The highest BCUT2D eigenvalue weighted by atomic mass is 16.3. The maximum atomic E-state index is 7.02. The first-order chi connectivity index (χ1) is 26.3. The van der Waals surface area contributed by atoms with Crippen molar-refractivity contribution in [3.8, 4) is 22.3 Å². The zero-order chi connectivity index (χ0) is 34.7. The molecule has 0 aliphatic heterocycles. The maximum Gasteiger partial charge on any atom is 0.135 e. The number of benzene rings is 9. The van der Waals surface area contributed by atoms with Crippen LogP contribution < -0.4 is 4.90 Å². The fourth-order valence-electron chi connectivity index (χ4n) is 9.73. The molecule has 1 aromatic heterocycles. The maximum absolute atomic E-state index is 7.02. The Labute approximate surface area is 306 Å². The van der Waals surface area contributed by atoms with Gasteiger partial charge in [0.25, 0.3) is 0 Å². The van der Waals surface area contributed by atoms with Crippen molar-refractivity contribution in [1.29, 1.82) is 0 Å². The first kappa shape index (κ1) is 28.8. The third-order valence-corrected chi connectivity index (χ3v) is 11.8. The van der Waals surface area contributed by atoms with Gasteiger partial charge in [0.1, 0.15) is 16.8 Å². The molecule has 9 aromatic carbocycles. The summed E-state index contributed by atoms with van der Waals surface area (Å²) in [6, 6.07) is 68.8. The summed E-state index contributed by atoms with van der Waals surface area (Å²) >= 11 is 0. The van der Waals surface area contributed by atoms with Gasteiger partial charge in [0.15, 0.2) is 0 Å². The van der Waals surface area contributed by atoms with Crippen LogP contribution in [0.3, 0.4) is 0 Å². The monoisotopic (exact) mass is 673 g/mol. The van der Waals surface area contributed by atoms with Gasteiger partial charge in [-0.3, -0.25) is 0 Å². The highest BCUT2D eigenvalue weighted by molar-refractivity contribution is 6.25. The van der Waals surface area contributed by atoms with Crippen LogP contribution in [0.25, 0.3) is 65.5 Å². The standard InChI is InChI=1S/C51H31NO/c1-2-14-32(15-3-1)52(33-26-28-39-37-18-5-4-16-35(37)36-17-6-7-19-38(36)44(39)30-33)34-27-29-41-40-20-8-11-23-45(40)51(47(41)31-34)46-24-12-9-21-42(46)49-43-22-10-13-25-48(43)53-50(49)51/h1-31H. The Morgan fingerprint density at radius 3 is 1.58 bits per heavy atom. The highest BCUT2D eigenvalue weighted by Gasteiger charge is 2.55. The van der Waals surface area contributed by atoms with Gasteiger partial charge in [0, 0.05) is 28.0 Å². The number of furan rings is 1. The molecule has 0 fully saturated rings. The molecule has 1 atom stereocenters. The Balaban J connectivity index is 1.15. The Morgan fingerprint density at radius 2 is 0.849 bits per heavy atom. The zero-order valence-electron chi connectivity index (χ0n) is 28.8. The number of para-hydroxylation sites is 2. The summed E-state index contributed by atoms with van der Waals surface area (Å²) in [7, 11) is 0. The average Bonchev–Trinajstić information content (AvgIpc) is 3.85. The van der Waals surface area contributed by atoms with E-state index < -0.39 is 5.41 Å². The minimum atomic E-state index is -0.590. The Bertz CT molecular complexity index is 3100. The lowest BCUT2D eigenvalue weighted by Crippen LogP contribution is -2.25. The average molecular weight is 674 g/mol. The molecule has 2 nitrogen and oxygen atoms in total. The molecule has 10 aromatic rings. The van der Waals surface area contributed by atoms with Crippen LogP contribution in [-0.2, 0) is 5.41 Å². The summed E-state index contributed by atoms with van der Waals surface area (Å²) in [6.45, 7) is 0. The third-order valence-electron chi connectivity index (χ3n) is 11.8. The Kier molecular flexibility index (Phi) is 5.73. The van der Waals surface area contributed by atoms with Crippen LogP contribution >= 0.6 is 0 Å². The molecule has 0 bridgehead atoms. The number of hydrogen-bond donors (Lipinski definition) is 0. The fourth-order valence-corrected chi connectivity index (χ4v) is 9.73.